The monoisotopic (exact) mass is 569 g/mol. The SMILES string of the molecule is Cc1cc(Oc2nc3c(C)cccn3c(=O)c2/C=C(\C#N)S(=O)(=O)c2ccc(Br)cc2)ccc1Cl. The van der Waals surface area contributed by atoms with Gasteiger partial charge in [-0.1, -0.05) is 33.6 Å². The third-order valence-electron chi connectivity index (χ3n) is 5.19. The quantitative estimate of drug-likeness (QED) is 0.279. The average molecular weight is 571 g/mol. The molecular formula is C25H17BrClN3O4S. The van der Waals surface area contributed by atoms with Crippen LogP contribution in [0.4, 0.5) is 0 Å². The molecule has 0 atom stereocenters. The lowest BCUT2D eigenvalue weighted by Crippen LogP contribution is -2.20. The molecule has 0 aliphatic heterocycles. The number of nitriles is 1. The Morgan fingerprint density at radius 2 is 1.86 bits per heavy atom. The van der Waals surface area contributed by atoms with E-state index in [2.05, 4.69) is 20.9 Å². The topological polar surface area (TPSA) is 102 Å². The Morgan fingerprint density at radius 3 is 2.51 bits per heavy atom. The number of fused-ring (bicyclic) bond motifs is 1. The molecule has 4 rings (SSSR count). The Balaban J connectivity index is 1.96. The largest absolute Gasteiger partial charge is 0.438 e. The molecule has 0 spiro atoms. The molecule has 176 valence electrons. The first-order chi connectivity index (χ1) is 16.6. The van der Waals surface area contributed by atoms with E-state index in [1.165, 1.54) is 22.7 Å². The second-order valence-electron chi connectivity index (χ2n) is 7.61. The Labute approximate surface area is 214 Å². The lowest BCUT2D eigenvalue weighted by Gasteiger charge is -2.12. The van der Waals surface area contributed by atoms with Crippen LogP contribution in [0.25, 0.3) is 11.7 Å². The summed E-state index contributed by atoms with van der Waals surface area (Å²) in [6.07, 6.45) is 2.51. The van der Waals surface area contributed by atoms with E-state index in [-0.39, 0.29) is 16.3 Å². The van der Waals surface area contributed by atoms with Crippen molar-refractivity contribution in [3.05, 3.63) is 102 Å². The third kappa shape index (κ3) is 4.86. The van der Waals surface area contributed by atoms with Gasteiger partial charge in [0.25, 0.3) is 5.56 Å². The smallest absolute Gasteiger partial charge is 0.269 e. The number of aromatic nitrogens is 2. The summed E-state index contributed by atoms with van der Waals surface area (Å²) in [5.41, 5.74) is 1.02. The van der Waals surface area contributed by atoms with Gasteiger partial charge in [-0.05, 0) is 79.6 Å². The van der Waals surface area contributed by atoms with Crippen LogP contribution in [-0.4, -0.2) is 17.8 Å². The van der Waals surface area contributed by atoms with Gasteiger partial charge in [0.2, 0.25) is 15.7 Å². The second kappa shape index (κ2) is 9.66. The minimum atomic E-state index is -4.22. The summed E-state index contributed by atoms with van der Waals surface area (Å²) in [4.78, 5) is 17.2. The average Bonchev–Trinajstić information content (AvgIpc) is 2.82. The Kier molecular flexibility index (Phi) is 6.81. The summed E-state index contributed by atoms with van der Waals surface area (Å²) in [6.45, 7) is 3.58. The van der Waals surface area contributed by atoms with Crippen LogP contribution in [0.1, 0.15) is 16.7 Å². The van der Waals surface area contributed by atoms with Crippen LogP contribution in [0, 0.1) is 25.2 Å². The zero-order valence-electron chi connectivity index (χ0n) is 18.5. The van der Waals surface area contributed by atoms with Gasteiger partial charge in [-0.15, -0.1) is 0 Å². The van der Waals surface area contributed by atoms with Crippen molar-refractivity contribution in [1.29, 1.82) is 5.26 Å². The summed E-state index contributed by atoms with van der Waals surface area (Å²) >= 11 is 9.36. The van der Waals surface area contributed by atoms with Crippen molar-refractivity contribution in [2.45, 2.75) is 18.7 Å². The van der Waals surface area contributed by atoms with E-state index in [9.17, 15) is 18.5 Å². The summed E-state index contributed by atoms with van der Waals surface area (Å²) in [5, 5.41) is 10.3. The minimum Gasteiger partial charge on any atom is -0.438 e. The van der Waals surface area contributed by atoms with Crippen molar-refractivity contribution < 1.29 is 13.2 Å². The van der Waals surface area contributed by atoms with E-state index < -0.39 is 20.3 Å². The van der Waals surface area contributed by atoms with Crippen LogP contribution in [0.2, 0.25) is 5.02 Å². The van der Waals surface area contributed by atoms with Crippen LogP contribution in [-0.2, 0) is 9.84 Å². The van der Waals surface area contributed by atoms with Crippen molar-refractivity contribution in [1.82, 2.24) is 9.38 Å². The molecule has 0 saturated carbocycles. The van der Waals surface area contributed by atoms with E-state index in [4.69, 9.17) is 16.3 Å². The van der Waals surface area contributed by atoms with Crippen LogP contribution < -0.4 is 10.3 Å². The number of halogens is 2. The molecule has 0 aliphatic carbocycles. The van der Waals surface area contributed by atoms with E-state index in [0.29, 0.717) is 26.5 Å². The maximum atomic E-state index is 13.4. The van der Waals surface area contributed by atoms with Crippen molar-refractivity contribution in [2.75, 3.05) is 0 Å². The first-order valence-corrected chi connectivity index (χ1v) is 12.9. The fourth-order valence-electron chi connectivity index (χ4n) is 3.33. The predicted octanol–water partition coefficient (Wildman–Crippen LogP) is 5.86. The van der Waals surface area contributed by atoms with Crippen LogP contribution >= 0.6 is 27.5 Å². The number of ether oxygens (including phenoxy) is 1. The maximum Gasteiger partial charge on any atom is 0.269 e. The molecule has 2 aromatic heterocycles. The third-order valence-corrected chi connectivity index (χ3v) is 7.83. The number of rotatable bonds is 5. The number of pyridine rings is 1. The Hall–Kier alpha value is -3.45. The van der Waals surface area contributed by atoms with E-state index >= 15 is 0 Å². The molecule has 0 unspecified atom stereocenters. The van der Waals surface area contributed by atoms with Crippen LogP contribution in [0.3, 0.4) is 0 Å². The standard InChI is InChI=1S/C25H17BrClN3O4S/c1-15-4-3-11-30-23(15)29-24(34-18-7-10-22(27)16(2)12-18)21(25(30)31)13-20(14-28)35(32,33)19-8-5-17(26)6-9-19/h3-13H,1-2H3/b20-13+. The molecular weight excluding hydrogens is 554 g/mol. The number of aryl methyl sites for hydroxylation is 2. The van der Waals surface area contributed by atoms with Gasteiger partial charge in [0, 0.05) is 15.7 Å². The molecule has 10 heteroatoms. The molecule has 0 amide bonds. The van der Waals surface area contributed by atoms with Gasteiger partial charge >= 0.3 is 0 Å². The Bertz CT molecular complexity index is 1710. The van der Waals surface area contributed by atoms with Gasteiger partial charge in [-0.25, -0.2) is 8.42 Å². The molecule has 2 aromatic carbocycles. The molecule has 0 N–H and O–H groups in total. The maximum absolute atomic E-state index is 13.4. The highest BCUT2D eigenvalue weighted by Crippen LogP contribution is 2.29. The molecule has 0 radical (unpaired) electrons. The molecule has 0 saturated heterocycles. The van der Waals surface area contributed by atoms with Crippen molar-refractivity contribution >= 4 is 49.1 Å². The number of benzene rings is 2. The highest BCUT2D eigenvalue weighted by Gasteiger charge is 2.24. The second-order valence-corrected chi connectivity index (χ2v) is 10.9. The number of hydrogen-bond donors (Lipinski definition) is 0. The summed E-state index contributed by atoms with van der Waals surface area (Å²) in [6, 6.07) is 15.9. The van der Waals surface area contributed by atoms with E-state index in [1.807, 2.05) is 0 Å². The van der Waals surface area contributed by atoms with Gasteiger partial charge in [0.15, 0.2) is 0 Å². The highest BCUT2D eigenvalue weighted by molar-refractivity contribution is 9.10. The van der Waals surface area contributed by atoms with Crippen LogP contribution in [0.5, 0.6) is 11.6 Å². The predicted molar refractivity (Wildman–Crippen MR) is 137 cm³/mol. The Morgan fingerprint density at radius 1 is 1.14 bits per heavy atom. The number of nitrogens with zero attached hydrogens (tertiary/aromatic N) is 3. The zero-order chi connectivity index (χ0) is 25.3. The zero-order valence-corrected chi connectivity index (χ0v) is 21.6. The van der Waals surface area contributed by atoms with E-state index in [1.54, 1.807) is 62.4 Å². The van der Waals surface area contributed by atoms with Crippen molar-refractivity contribution in [3.63, 3.8) is 0 Å². The van der Waals surface area contributed by atoms with E-state index in [0.717, 1.165) is 11.6 Å². The molecule has 0 aliphatic rings. The van der Waals surface area contributed by atoms with Gasteiger partial charge in [-0.3, -0.25) is 9.20 Å². The summed E-state index contributed by atoms with van der Waals surface area (Å²) in [5.74, 6) is 0.213. The summed E-state index contributed by atoms with van der Waals surface area (Å²) in [7, 11) is -4.22. The number of sulfone groups is 1. The van der Waals surface area contributed by atoms with Crippen molar-refractivity contribution in [3.8, 4) is 17.7 Å². The summed E-state index contributed by atoms with van der Waals surface area (Å²) < 4.78 is 34.2. The first-order valence-electron chi connectivity index (χ1n) is 10.2. The fourth-order valence-corrected chi connectivity index (χ4v) is 4.85. The molecule has 2 heterocycles. The first kappa shape index (κ1) is 24.7. The minimum absolute atomic E-state index is 0.0889. The van der Waals surface area contributed by atoms with Crippen molar-refractivity contribution in [2.24, 2.45) is 0 Å². The lowest BCUT2D eigenvalue weighted by atomic mass is 10.2. The molecule has 0 bridgehead atoms. The molecule has 4 aromatic rings. The molecule has 0 fully saturated rings. The van der Waals surface area contributed by atoms with Gasteiger partial charge < -0.3 is 4.74 Å². The number of allylic oxidation sites excluding steroid dienone is 1. The fraction of sp³-hybridized carbons (Fsp3) is 0.0800. The normalized spacial score (nSPS) is 11.9. The molecule has 35 heavy (non-hydrogen) atoms. The highest BCUT2D eigenvalue weighted by atomic mass is 79.9. The lowest BCUT2D eigenvalue weighted by molar-refractivity contribution is 0.460. The number of hydrogen-bond acceptors (Lipinski definition) is 6. The van der Waals surface area contributed by atoms with Gasteiger partial charge in [-0.2, -0.15) is 10.2 Å². The van der Waals surface area contributed by atoms with Gasteiger partial charge in [0.05, 0.1) is 4.90 Å². The van der Waals surface area contributed by atoms with Crippen LogP contribution in [0.15, 0.2) is 79.9 Å². The van der Waals surface area contributed by atoms with Gasteiger partial charge in [0.1, 0.15) is 27.9 Å². The molecule has 7 nitrogen and oxygen atoms in total.